The molecule has 0 aromatic heterocycles. The molecule has 0 saturated carbocycles. The Bertz CT molecular complexity index is 969. The topological polar surface area (TPSA) is 89.8 Å². The molecule has 2 aromatic rings. The normalized spacial score (nSPS) is 15.1. The second-order valence-corrected chi connectivity index (χ2v) is 6.86. The number of nitro benzene ring substituents is 1. The lowest BCUT2D eigenvalue weighted by Crippen LogP contribution is -2.27. The molecule has 0 bridgehead atoms. The molecule has 0 unspecified atom stereocenters. The number of hydrogen-bond acceptors (Lipinski definition) is 6. The molecule has 0 radical (unpaired) electrons. The lowest BCUT2D eigenvalue weighted by molar-refractivity contribution is -0.384. The summed E-state index contributed by atoms with van der Waals surface area (Å²) in [4.78, 5) is 35.9. The maximum atomic E-state index is 12.2. The van der Waals surface area contributed by atoms with Gasteiger partial charge < -0.3 is 4.74 Å². The van der Waals surface area contributed by atoms with Crippen LogP contribution >= 0.6 is 11.8 Å². The van der Waals surface area contributed by atoms with Crippen LogP contribution in [-0.4, -0.2) is 27.5 Å². The lowest BCUT2D eigenvalue weighted by atomic mass is 10.2. The van der Waals surface area contributed by atoms with Crippen LogP contribution in [0.3, 0.4) is 0 Å². The number of thioether (sulfide) groups is 1. The zero-order chi connectivity index (χ0) is 20.1. The standard InChI is InChI=1S/C20H16N2O5S/c1-2-10-21-19(23)18(28-20(21)24)12-14-6-8-17(9-7-14)27-13-15-4-3-5-16(11-15)22(25)26/h2-9,11-12H,1,10,13H2. The molecule has 3 rings (SSSR count). The van der Waals surface area contributed by atoms with E-state index in [4.69, 9.17) is 4.74 Å². The second kappa shape index (κ2) is 8.53. The van der Waals surface area contributed by atoms with E-state index in [1.807, 2.05) is 0 Å². The van der Waals surface area contributed by atoms with Gasteiger partial charge in [0, 0.05) is 18.7 Å². The molecular formula is C20H16N2O5S. The minimum Gasteiger partial charge on any atom is -0.489 e. The van der Waals surface area contributed by atoms with Crippen LogP contribution < -0.4 is 4.74 Å². The molecule has 1 aliphatic rings. The van der Waals surface area contributed by atoms with Gasteiger partial charge in [-0.15, -0.1) is 6.58 Å². The van der Waals surface area contributed by atoms with Crippen LogP contribution in [0, 0.1) is 10.1 Å². The Morgan fingerprint density at radius 3 is 2.61 bits per heavy atom. The Balaban J connectivity index is 1.65. The van der Waals surface area contributed by atoms with Gasteiger partial charge in [-0.2, -0.15) is 0 Å². The fourth-order valence-electron chi connectivity index (χ4n) is 2.52. The maximum Gasteiger partial charge on any atom is 0.293 e. The van der Waals surface area contributed by atoms with Gasteiger partial charge >= 0.3 is 0 Å². The van der Waals surface area contributed by atoms with Crippen LogP contribution in [0.25, 0.3) is 6.08 Å². The summed E-state index contributed by atoms with van der Waals surface area (Å²) < 4.78 is 5.65. The van der Waals surface area contributed by atoms with Gasteiger partial charge in [0.15, 0.2) is 0 Å². The van der Waals surface area contributed by atoms with E-state index in [1.54, 1.807) is 42.5 Å². The van der Waals surface area contributed by atoms with Gasteiger partial charge in [-0.3, -0.25) is 24.6 Å². The van der Waals surface area contributed by atoms with Gasteiger partial charge in [-0.1, -0.05) is 30.3 Å². The summed E-state index contributed by atoms with van der Waals surface area (Å²) >= 11 is 0.896. The van der Waals surface area contributed by atoms with Crippen molar-refractivity contribution in [3.63, 3.8) is 0 Å². The quantitative estimate of drug-likeness (QED) is 0.298. The van der Waals surface area contributed by atoms with E-state index in [0.29, 0.717) is 16.2 Å². The highest BCUT2D eigenvalue weighted by atomic mass is 32.2. The molecule has 2 aromatic carbocycles. The molecule has 0 atom stereocenters. The number of rotatable bonds is 7. The monoisotopic (exact) mass is 396 g/mol. The average Bonchev–Trinajstić information content (AvgIpc) is 2.95. The Morgan fingerprint density at radius 2 is 1.93 bits per heavy atom. The molecule has 1 saturated heterocycles. The van der Waals surface area contributed by atoms with Crippen LogP contribution in [0.2, 0.25) is 0 Å². The Kier molecular flexibility index (Phi) is 5.90. The first-order valence-corrected chi connectivity index (χ1v) is 9.12. The highest BCUT2D eigenvalue weighted by Crippen LogP contribution is 2.32. The molecular weight excluding hydrogens is 380 g/mol. The minimum absolute atomic E-state index is 0.0156. The molecule has 0 N–H and O–H groups in total. The van der Waals surface area contributed by atoms with Gasteiger partial charge in [0.25, 0.3) is 16.8 Å². The van der Waals surface area contributed by atoms with Crippen molar-refractivity contribution in [1.29, 1.82) is 0 Å². The summed E-state index contributed by atoms with van der Waals surface area (Å²) in [5, 5.41) is 10.5. The number of nitro groups is 1. The maximum absolute atomic E-state index is 12.2. The van der Waals surface area contributed by atoms with Crippen molar-refractivity contribution in [2.75, 3.05) is 6.54 Å². The highest BCUT2D eigenvalue weighted by molar-refractivity contribution is 8.18. The smallest absolute Gasteiger partial charge is 0.293 e. The van der Waals surface area contributed by atoms with Crippen molar-refractivity contribution >= 4 is 34.7 Å². The van der Waals surface area contributed by atoms with Gasteiger partial charge in [0.2, 0.25) is 0 Å². The number of carbonyl (C=O) groups excluding carboxylic acids is 2. The van der Waals surface area contributed by atoms with Gasteiger partial charge in [0.05, 0.1) is 9.83 Å². The Morgan fingerprint density at radius 1 is 1.18 bits per heavy atom. The molecule has 0 spiro atoms. The van der Waals surface area contributed by atoms with E-state index < -0.39 is 4.92 Å². The van der Waals surface area contributed by atoms with Crippen molar-refractivity contribution in [3.8, 4) is 5.75 Å². The number of carbonyl (C=O) groups is 2. The highest BCUT2D eigenvalue weighted by Gasteiger charge is 2.33. The van der Waals surface area contributed by atoms with Gasteiger partial charge in [0.1, 0.15) is 12.4 Å². The van der Waals surface area contributed by atoms with Crippen molar-refractivity contribution in [2.45, 2.75) is 6.61 Å². The van der Waals surface area contributed by atoms with E-state index in [-0.39, 0.29) is 30.0 Å². The predicted molar refractivity (Wildman–Crippen MR) is 107 cm³/mol. The van der Waals surface area contributed by atoms with Crippen LogP contribution in [0.15, 0.2) is 66.1 Å². The first kappa shape index (κ1) is 19.4. The van der Waals surface area contributed by atoms with Gasteiger partial charge in [-0.25, -0.2) is 0 Å². The number of non-ortho nitro benzene ring substituents is 1. The molecule has 28 heavy (non-hydrogen) atoms. The molecule has 0 aliphatic carbocycles. The second-order valence-electron chi connectivity index (χ2n) is 5.87. The zero-order valence-electron chi connectivity index (χ0n) is 14.7. The third-order valence-electron chi connectivity index (χ3n) is 3.89. The minimum atomic E-state index is -0.449. The third-order valence-corrected chi connectivity index (χ3v) is 4.80. The molecule has 8 heteroatoms. The number of hydrogen-bond donors (Lipinski definition) is 0. The van der Waals surface area contributed by atoms with Crippen LogP contribution in [0.5, 0.6) is 5.75 Å². The number of benzene rings is 2. The summed E-state index contributed by atoms with van der Waals surface area (Å²) in [5.41, 5.74) is 1.46. The van der Waals surface area contributed by atoms with E-state index >= 15 is 0 Å². The van der Waals surface area contributed by atoms with Crippen LogP contribution in [-0.2, 0) is 11.4 Å². The van der Waals surface area contributed by atoms with E-state index in [9.17, 15) is 19.7 Å². The average molecular weight is 396 g/mol. The molecule has 1 fully saturated rings. The van der Waals surface area contributed by atoms with Crippen molar-refractivity contribution in [1.82, 2.24) is 4.90 Å². The van der Waals surface area contributed by atoms with Crippen LogP contribution in [0.1, 0.15) is 11.1 Å². The zero-order valence-corrected chi connectivity index (χ0v) is 15.6. The summed E-state index contributed by atoms with van der Waals surface area (Å²) in [5.74, 6) is 0.254. The Hall–Kier alpha value is -3.39. The predicted octanol–water partition coefficient (Wildman–Crippen LogP) is 4.40. The summed E-state index contributed by atoms with van der Waals surface area (Å²) in [6.45, 7) is 3.93. The fourth-order valence-corrected chi connectivity index (χ4v) is 3.37. The first-order chi connectivity index (χ1) is 13.5. The summed E-state index contributed by atoms with van der Waals surface area (Å²) in [6.07, 6.45) is 3.16. The number of nitrogens with zero attached hydrogens (tertiary/aromatic N) is 2. The molecule has 2 amide bonds. The number of amides is 2. The number of imide groups is 1. The van der Waals surface area contributed by atoms with Gasteiger partial charge in [-0.05, 0) is 41.1 Å². The summed E-state index contributed by atoms with van der Waals surface area (Å²) in [7, 11) is 0. The molecule has 142 valence electrons. The third kappa shape index (κ3) is 4.47. The lowest BCUT2D eigenvalue weighted by Gasteiger charge is -2.08. The Labute approximate surface area is 165 Å². The van der Waals surface area contributed by atoms with Crippen molar-refractivity contribution in [2.24, 2.45) is 0 Å². The number of ether oxygens (including phenoxy) is 1. The van der Waals surface area contributed by atoms with Crippen molar-refractivity contribution in [3.05, 3.63) is 87.3 Å². The van der Waals surface area contributed by atoms with E-state index in [1.165, 1.54) is 18.2 Å². The van der Waals surface area contributed by atoms with Crippen LogP contribution in [0.4, 0.5) is 10.5 Å². The molecule has 7 nitrogen and oxygen atoms in total. The molecule has 1 heterocycles. The van der Waals surface area contributed by atoms with Crippen molar-refractivity contribution < 1.29 is 19.2 Å². The van der Waals surface area contributed by atoms with E-state index in [2.05, 4.69) is 6.58 Å². The molecule has 1 aliphatic heterocycles. The summed E-state index contributed by atoms with van der Waals surface area (Å²) in [6, 6.07) is 13.3. The fraction of sp³-hybridized carbons (Fsp3) is 0.100. The SMILES string of the molecule is C=CCN1C(=O)SC(=Cc2ccc(OCc3cccc([N+](=O)[O-])c3)cc2)C1=O. The van der Waals surface area contributed by atoms with E-state index in [0.717, 1.165) is 22.2 Å². The largest absolute Gasteiger partial charge is 0.489 e. The first-order valence-electron chi connectivity index (χ1n) is 8.30.